The van der Waals surface area contributed by atoms with Crippen molar-refractivity contribution in [3.63, 3.8) is 0 Å². The number of carbonyl (C=O) groups excluding carboxylic acids is 2. The molecule has 1 aliphatic heterocycles. The van der Waals surface area contributed by atoms with E-state index in [0.29, 0.717) is 24.9 Å². The topological polar surface area (TPSA) is 95.6 Å². The van der Waals surface area contributed by atoms with Crippen LogP contribution >= 0.6 is 11.3 Å². The van der Waals surface area contributed by atoms with Crippen LogP contribution in [0, 0.1) is 12.7 Å². The van der Waals surface area contributed by atoms with Crippen molar-refractivity contribution in [2.45, 2.75) is 50.1 Å². The summed E-state index contributed by atoms with van der Waals surface area (Å²) in [6.07, 6.45) is 2.69. The molecule has 1 fully saturated rings. The number of nitrogens with zero attached hydrogens (tertiary/aromatic N) is 1. The molecule has 7 nitrogen and oxygen atoms in total. The molecule has 1 aromatic heterocycles. The smallest absolute Gasteiger partial charge is 0.309 e. The Morgan fingerprint density at radius 2 is 1.97 bits per heavy atom. The molecule has 0 bridgehead atoms. The molecule has 168 valence electrons. The fourth-order valence-electron chi connectivity index (χ4n) is 3.70. The van der Waals surface area contributed by atoms with Crippen LogP contribution in [-0.2, 0) is 26.2 Å². The van der Waals surface area contributed by atoms with Crippen molar-refractivity contribution < 1.29 is 22.4 Å². The summed E-state index contributed by atoms with van der Waals surface area (Å²) in [6.45, 7) is 2.42. The van der Waals surface area contributed by atoms with Gasteiger partial charge in [-0.1, -0.05) is 12.5 Å². The Labute approximate surface area is 185 Å². The van der Waals surface area contributed by atoms with Crippen LogP contribution in [0.15, 0.2) is 40.6 Å². The Balaban J connectivity index is 1.57. The van der Waals surface area contributed by atoms with E-state index in [4.69, 9.17) is 0 Å². The number of aryl methyl sites for hydroxylation is 1. The number of hydrogen-bond donors (Lipinski definition) is 2. The molecule has 2 amide bonds. The summed E-state index contributed by atoms with van der Waals surface area (Å²) >= 11 is 1.49. The lowest BCUT2D eigenvalue weighted by Crippen LogP contribution is -2.46. The zero-order chi connectivity index (χ0) is 22.4. The first-order chi connectivity index (χ1) is 14.8. The number of carbonyl (C=O) groups is 2. The van der Waals surface area contributed by atoms with Crippen LogP contribution in [0.4, 0.5) is 4.39 Å². The van der Waals surface area contributed by atoms with Crippen molar-refractivity contribution in [1.82, 2.24) is 14.9 Å². The summed E-state index contributed by atoms with van der Waals surface area (Å²) in [6, 6.07) is 7.09. The van der Waals surface area contributed by atoms with Crippen molar-refractivity contribution in [2.75, 3.05) is 13.1 Å². The second kappa shape index (κ2) is 10.3. The van der Waals surface area contributed by atoms with Crippen LogP contribution in [0.25, 0.3) is 0 Å². The van der Waals surface area contributed by atoms with Gasteiger partial charge in [-0.05, 0) is 61.4 Å². The van der Waals surface area contributed by atoms with Gasteiger partial charge in [0.25, 0.3) is 0 Å². The van der Waals surface area contributed by atoms with Crippen molar-refractivity contribution in [1.29, 1.82) is 0 Å². The van der Waals surface area contributed by atoms with Gasteiger partial charge in [0, 0.05) is 24.0 Å². The van der Waals surface area contributed by atoms with Crippen LogP contribution < -0.4 is 10.6 Å². The van der Waals surface area contributed by atoms with E-state index in [1.807, 2.05) is 17.5 Å². The molecule has 2 N–H and O–H groups in total. The van der Waals surface area contributed by atoms with Gasteiger partial charge in [-0.3, -0.25) is 9.59 Å². The van der Waals surface area contributed by atoms with Gasteiger partial charge in [-0.15, -0.1) is 11.3 Å². The lowest BCUT2D eigenvalue weighted by molar-refractivity contribution is -0.139. The number of halogens is 1. The van der Waals surface area contributed by atoms with Gasteiger partial charge in [-0.25, -0.2) is 12.8 Å². The number of hydrogen-bond acceptors (Lipinski definition) is 5. The van der Waals surface area contributed by atoms with Crippen molar-refractivity contribution in [2.24, 2.45) is 0 Å². The third-order valence-corrected chi connectivity index (χ3v) is 8.26. The summed E-state index contributed by atoms with van der Waals surface area (Å²) in [5, 5.41) is 7.02. The van der Waals surface area contributed by atoms with E-state index < -0.39 is 27.7 Å². The van der Waals surface area contributed by atoms with Gasteiger partial charge < -0.3 is 10.6 Å². The van der Waals surface area contributed by atoms with Crippen molar-refractivity contribution in [3.8, 4) is 0 Å². The highest BCUT2D eigenvalue weighted by Gasteiger charge is 2.34. The molecule has 2 aromatic rings. The van der Waals surface area contributed by atoms with E-state index in [1.54, 1.807) is 6.92 Å². The highest BCUT2D eigenvalue weighted by Crippen LogP contribution is 2.28. The minimum atomic E-state index is -3.78. The molecule has 0 spiro atoms. The fourth-order valence-corrected chi connectivity index (χ4v) is 6.28. The Morgan fingerprint density at radius 3 is 2.68 bits per heavy atom. The Morgan fingerprint density at radius 1 is 1.19 bits per heavy atom. The molecule has 1 aromatic carbocycles. The number of rotatable bonds is 7. The molecule has 1 saturated heterocycles. The van der Waals surface area contributed by atoms with Gasteiger partial charge >= 0.3 is 11.8 Å². The number of sulfonamides is 1. The minimum absolute atomic E-state index is 0.0952. The van der Waals surface area contributed by atoms with Crippen molar-refractivity contribution >= 4 is 33.2 Å². The molecular formula is C21H26FN3O4S2. The predicted octanol–water partition coefficient (Wildman–Crippen LogP) is 2.56. The standard InChI is InChI=1S/C21H26FN3O4S2/c1-15-13-16(22)7-8-19(15)31(28,29)25-11-3-2-5-17(25)9-10-23-20(26)21(27)24-14-18-6-4-12-30-18/h4,6-8,12-13,17H,2-3,5,9-11,14H2,1H3,(H,23,26)(H,24,27)/t17-/m0/s1. The summed E-state index contributed by atoms with van der Waals surface area (Å²) in [7, 11) is -3.78. The van der Waals surface area contributed by atoms with Gasteiger partial charge in [0.05, 0.1) is 11.4 Å². The molecule has 1 aliphatic rings. The third kappa shape index (κ3) is 5.90. The number of nitrogens with one attached hydrogen (secondary N) is 2. The van der Waals surface area contributed by atoms with E-state index in [2.05, 4.69) is 10.6 Å². The molecule has 31 heavy (non-hydrogen) atoms. The summed E-state index contributed by atoms with van der Waals surface area (Å²) in [4.78, 5) is 25.0. The van der Waals surface area contributed by atoms with Gasteiger partial charge in [0.2, 0.25) is 10.0 Å². The van der Waals surface area contributed by atoms with Crippen LogP contribution in [0.5, 0.6) is 0 Å². The number of amides is 2. The maximum atomic E-state index is 13.4. The highest BCUT2D eigenvalue weighted by molar-refractivity contribution is 7.89. The quantitative estimate of drug-likeness (QED) is 0.612. The molecule has 0 radical (unpaired) electrons. The molecule has 10 heteroatoms. The Kier molecular flexibility index (Phi) is 7.79. The van der Waals surface area contributed by atoms with E-state index >= 15 is 0 Å². The van der Waals surface area contributed by atoms with Gasteiger partial charge in [0.15, 0.2) is 0 Å². The zero-order valence-electron chi connectivity index (χ0n) is 17.3. The highest BCUT2D eigenvalue weighted by atomic mass is 32.2. The second-order valence-corrected chi connectivity index (χ2v) is 10.4. The maximum Gasteiger partial charge on any atom is 0.309 e. The number of piperidine rings is 1. The zero-order valence-corrected chi connectivity index (χ0v) is 18.9. The van der Waals surface area contributed by atoms with Crippen LogP contribution in [0.2, 0.25) is 0 Å². The van der Waals surface area contributed by atoms with E-state index in [-0.39, 0.29) is 24.0 Å². The number of thiophene rings is 1. The predicted molar refractivity (Wildman–Crippen MR) is 116 cm³/mol. The van der Waals surface area contributed by atoms with E-state index in [9.17, 15) is 22.4 Å². The molecule has 0 aliphatic carbocycles. The largest absolute Gasteiger partial charge is 0.348 e. The number of benzene rings is 1. The third-order valence-electron chi connectivity index (χ3n) is 5.27. The normalized spacial score (nSPS) is 17.3. The van der Waals surface area contributed by atoms with Gasteiger partial charge in [-0.2, -0.15) is 4.31 Å². The van der Waals surface area contributed by atoms with Crippen LogP contribution in [-0.4, -0.2) is 43.7 Å². The SMILES string of the molecule is Cc1cc(F)ccc1S(=O)(=O)N1CCCC[C@H]1CCNC(=O)C(=O)NCc1cccs1. The first-order valence-corrected chi connectivity index (χ1v) is 12.5. The minimum Gasteiger partial charge on any atom is -0.348 e. The van der Waals surface area contributed by atoms with E-state index in [1.165, 1.54) is 27.8 Å². The first-order valence-electron chi connectivity index (χ1n) is 10.2. The van der Waals surface area contributed by atoms with Gasteiger partial charge in [0.1, 0.15) is 5.82 Å². The molecule has 2 heterocycles. The average Bonchev–Trinajstić information content (AvgIpc) is 3.25. The van der Waals surface area contributed by atoms with Crippen LogP contribution in [0.3, 0.4) is 0 Å². The average molecular weight is 468 g/mol. The maximum absolute atomic E-state index is 13.4. The molecule has 0 unspecified atom stereocenters. The summed E-state index contributed by atoms with van der Waals surface area (Å²) in [5.74, 6) is -1.94. The monoisotopic (exact) mass is 467 g/mol. The second-order valence-electron chi connectivity index (χ2n) is 7.48. The van der Waals surface area contributed by atoms with E-state index in [0.717, 1.165) is 23.8 Å². The van der Waals surface area contributed by atoms with Crippen molar-refractivity contribution in [3.05, 3.63) is 52.0 Å². The Bertz CT molecular complexity index is 1030. The fraction of sp³-hybridized carbons (Fsp3) is 0.429. The Hall–Kier alpha value is -2.30. The molecule has 1 atom stereocenters. The summed E-state index contributed by atoms with van der Waals surface area (Å²) < 4.78 is 41.2. The lowest BCUT2D eigenvalue weighted by Gasteiger charge is -2.35. The van der Waals surface area contributed by atoms with Crippen LogP contribution in [0.1, 0.15) is 36.1 Å². The lowest BCUT2D eigenvalue weighted by atomic mass is 10.0. The first kappa shape index (κ1) is 23.4. The molecule has 0 saturated carbocycles. The summed E-state index contributed by atoms with van der Waals surface area (Å²) in [5.41, 5.74) is 0.361. The molecule has 3 rings (SSSR count). The molecular weight excluding hydrogens is 441 g/mol.